The highest BCUT2D eigenvalue weighted by Gasteiger charge is 2.09. The number of hydrogen-bond acceptors (Lipinski definition) is 3. The molecule has 0 aliphatic heterocycles. The third kappa shape index (κ3) is 2.12. The van der Waals surface area contributed by atoms with Crippen molar-refractivity contribution >= 4 is 34.2 Å². The van der Waals surface area contributed by atoms with Crippen molar-refractivity contribution in [2.45, 2.75) is 13.8 Å². The van der Waals surface area contributed by atoms with Gasteiger partial charge in [-0.1, -0.05) is 11.6 Å². The lowest BCUT2D eigenvalue weighted by Crippen LogP contribution is -1.93. The van der Waals surface area contributed by atoms with Crippen LogP contribution in [-0.2, 0) is 0 Å². The lowest BCUT2D eigenvalue weighted by molar-refractivity contribution is 1.10. The molecule has 4 nitrogen and oxygen atoms in total. The van der Waals surface area contributed by atoms with Crippen LogP contribution in [0.2, 0.25) is 5.15 Å². The fourth-order valence-corrected chi connectivity index (χ4v) is 1.50. The van der Waals surface area contributed by atoms with Gasteiger partial charge in [0.25, 0.3) is 0 Å². The van der Waals surface area contributed by atoms with E-state index < -0.39 is 0 Å². The van der Waals surface area contributed by atoms with Crippen molar-refractivity contribution in [3.8, 4) is 11.6 Å². The number of imidazole rings is 1. The summed E-state index contributed by atoms with van der Waals surface area (Å²) in [5, 5.41) is 0.451. The zero-order chi connectivity index (χ0) is 11.0. The van der Waals surface area contributed by atoms with Crippen molar-refractivity contribution in [2.24, 2.45) is 0 Å². The number of nitrogens with one attached hydrogen (secondary N) is 1. The summed E-state index contributed by atoms with van der Waals surface area (Å²) in [7, 11) is 0. The Bertz CT molecular complexity index is 489. The van der Waals surface area contributed by atoms with Gasteiger partial charge in [0.15, 0.2) is 11.6 Å². The average Bonchev–Trinajstić information content (AvgIpc) is 2.52. The molecule has 0 unspecified atom stereocenters. The SMILES string of the molecule is Cc1nc(-c2ncc(I)c(Cl)n2)[nH]c1C. The second-order valence-corrected chi connectivity index (χ2v) is 4.65. The Morgan fingerprint density at radius 2 is 2.07 bits per heavy atom. The van der Waals surface area contributed by atoms with Crippen LogP contribution in [0, 0.1) is 17.4 Å². The maximum absolute atomic E-state index is 5.91. The minimum Gasteiger partial charge on any atom is -0.339 e. The van der Waals surface area contributed by atoms with Gasteiger partial charge >= 0.3 is 0 Å². The van der Waals surface area contributed by atoms with Gasteiger partial charge in [-0.15, -0.1) is 0 Å². The van der Waals surface area contributed by atoms with Crippen molar-refractivity contribution in [1.29, 1.82) is 0 Å². The van der Waals surface area contributed by atoms with Gasteiger partial charge in [0.1, 0.15) is 5.15 Å². The highest BCUT2D eigenvalue weighted by Crippen LogP contribution is 2.19. The van der Waals surface area contributed by atoms with Crippen molar-refractivity contribution in [3.63, 3.8) is 0 Å². The van der Waals surface area contributed by atoms with Crippen LogP contribution >= 0.6 is 34.2 Å². The topological polar surface area (TPSA) is 54.5 Å². The van der Waals surface area contributed by atoms with Gasteiger partial charge in [-0.25, -0.2) is 15.0 Å². The second kappa shape index (κ2) is 4.05. The molecule has 0 radical (unpaired) electrons. The number of halogens is 2. The molecule has 0 spiro atoms. The van der Waals surface area contributed by atoms with E-state index in [2.05, 4.69) is 42.5 Å². The Balaban J connectivity index is 2.49. The molecule has 0 amide bonds. The largest absolute Gasteiger partial charge is 0.339 e. The molecule has 2 aromatic rings. The van der Waals surface area contributed by atoms with E-state index >= 15 is 0 Å². The van der Waals surface area contributed by atoms with Gasteiger partial charge in [0, 0.05) is 11.9 Å². The van der Waals surface area contributed by atoms with Crippen LogP contribution in [-0.4, -0.2) is 19.9 Å². The Hall–Kier alpha value is -0.690. The van der Waals surface area contributed by atoms with Gasteiger partial charge in [-0.2, -0.15) is 0 Å². The quantitative estimate of drug-likeness (QED) is 0.644. The molecule has 0 atom stereocenters. The zero-order valence-electron chi connectivity index (χ0n) is 8.17. The normalized spacial score (nSPS) is 10.7. The third-order valence-corrected chi connectivity index (χ3v) is 3.44. The molecule has 0 aromatic carbocycles. The standard InChI is InChI=1S/C9H8ClIN4/c1-4-5(2)14-9(13-4)8-12-3-6(11)7(10)15-8/h3H,1-2H3,(H,13,14). The lowest BCUT2D eigenvalue weighted by Gasteiger charge is -1.97. The van der Waals surface area contributed by atoms with E-state index in [0.717, 1.165) is 15.0 Å². The summed E-state index contributed by atoms with van der Waals surface area (Å²) in [6.45, 7) is 3.89. The highest BCUT2D eigenvalue weighted by molar-refractivity contribution is 14.1. The van der Waals surface area contributed by atoms with Crippen LogP contribution < -0.4 is 0 Å². The second-order valence-electron chi connectivity index (χ2n) is 3.13. The summed E-state index contributed by atoms with van der Waals surface area (Å²) in [6.07, 6.45) is 1.68. The van der Waals surface area contributed by atoms with Crippen LogP contribution in [0.3, 0.4) is 0 Å². The van der Waals surface area contributed by atoms with Gasteiger partial charge in [-0.05, 0) is 36.4 Å². The molecule has 1 N–H and O–H groups in total. The van der Waals surface area contributed by atoms with Crippen molar-refractivity contribution in [2.75, 3.05) is 0 Å². The van der Waals surface area contributed by atoms with Crippen LogP contribution in [0.1, 0.15) is 11.4 Å². The molecule has 0 bridgehead atoms. The highest BCUT2D eigenvalue weighted by atomic mass is 127. The number of aryl methyl sites for hydroxylation is 2. The summed E-state index contributed by atoms with van der Waals surface area (Å²) in [5.41, 5.74) is 1.96. The monoisotopic (exact) mass is 334 g/mol. The van der Waals surface area contributed by atoms with E-state index in [4.69, 9.17) is 11.6 Å². The predicted molar refractivity (Wildman–Crippen MR) is 66.8 cm³/mol. The molecular weight excluding hydrogens is 326 g/mol. The first-order chi connectivity index (χ1) is 7.08. The fourth-order valence-electron chi connectivity index (χ4n) is 1.11. The molecule has 0 aliphatic carbocycles. The minimum absolute atomic E-state index is 0.451. The van der Waals surface area contributed by atoms with E-state index in [1.54, 1.807) is 6.20 Å². The maximum Gasteiger partial charge on any atom is 0.197 e. The number of H-pyrrole nitrogens is 1. The third-order valence-electron chi connectivity index (χ3n) is 2.04. The van der Waals surface area contributed by atoms with Crippen molar-refractivity contribution in [3.05, 3.63) is 26.3 Å². The summed E-state index contributed by atoms with van der Waals surface area (Å²) in [4.78, 5) is 15.7. The number of aromatic nitrogens is 4. The van der Waals surface area contributed by atoms with E-state index in [0.29, 0.717) is 16.8 Å². The van der Waals surface area contributed by atoms with Crippen LogP contribution in [0.5, 0.6) is 0 Å². The Morgan fingerprint density at radius 1 is 1.33 bits per heavy atom. The van der Waals surface area contributed by atoms with E-state index in [1.165, 1.54) is 0 Å². The molecule has 2 rings (SSSR count). The zero-order valence-corrected chi connectivity index (χ0v) is 11.1. The van der Waals surface area contributed by atoms with E-state index in [9.17, 15) is 0 Å². The number of nitrogens with zero attached hydrogens (tertiary/aromatic N) is 3. The lowest BCUT2D eigenvalue weighted by atomic mass is 10.4. The molecule has 6 heteroatoms. The first-order valence-corrected chi connectivity index (χ1v) is 5.75. The summed E-state index contributed by atoms with van der Waals surface area (Å²) in [6, 6.07) is 0. The van der Waals surface area contributed by atoms with Crippen LogP contribution in [0.4, 0.5) is 0 Å². The first kappa shape index (κ1) is 10.8. The Labute approximate surface area is 106 Å². The first-order valence-electron chi connectivity index (χ1n) is 4.29. The van der Waals surface area contributed by atoms with Gasteiger partial charge < -0.3 is 4.98 Å². The maximum atomic E-state index is 5.91. The van der Waals surface area contributed by atoms with Crippen LogP contribution in [0.15, 0.2) is 6.20 Å². The number of aromatic amines is 1. The number of rotatable bonds is 1. The summed E-state index contributed by atoms with van der Waals surface area (Å²) >= 11 is 7.99. The minimum atomic E-state index is 0.451. The summed E-state index contributed by atoms with van der Waals surface area (Å²) < 4.78 is 0.831. The predicted octanol–water partition coefficient (Wildman–Crippen LogP) is 2.74. The molecule has 2 aromatic heterocycles. The molecular formula is C9H8ClIN4. The van der Waals surface area contributed by atoms with Gasteiger partial charge in [0.2, 0.25) is 0 Å². The Morgan fingerprint density at radius 3 is 2.60 bits per heavy atom. The smallest absolute Gasteiger partial charge is 0.197 e. The van der Waals surface area contributed by atoms with E-state index in [-0.39, 0.29) is 0 Å². The average molecular weight is 335 g/mol. The number of hydrogen-bond donors (Lipinski definition) is 1. The molecule has 0 aliphatic rings. The Kier molecular flexibility index (Phi) is 2.92. The van der Waals surface area contributed by atoms with Crippen LogP contribution in [0.25, 0.3) is 11.6 Å². The molecule has 0 saturated carbocycles. The van der Waals surface area contributed by atoms with Crippen molar-refractivity contribution < 1.29 is 0 Å². The fraction of sp³-hybridized carbons (Fsp3) is 0.222. The molecule has 0 fully saturated rings. The van der Waals surface area contributed by atoms with Gasteiger partial charge in [-0.3, -0.25) is 0 Å². The molecule has 78 valence electrons. The van der Waals surface area contributed by atoms with Gasteiger partial charge in [0.05, 0.1) is 9.26 Å². The molecule has 15 heavy (non-hydrogen) atoms. The molecule has 0 saturated heterocycles. The summed E-state index contributed by atoms with van der Waals surface area (Å²) in [5.74, 6) is 1.18. The van der Waals surface area contributed by atoms with E-state index in [1.807, 2.05) is 13.8 Å². The van der Waals surface area contributed by atoms with Crippen molar-refractivity contribution in [1.82, 2.24) is 19.9 Å². The molecule has 2 heterocycles.